The Hall–Kier alpha value is 0.607. The summed E-state index contributed by atoms with van der Waals surface area (Å²) in [6.07, 6.45) is 5.72. The van der Waals surface area contributed by atoms with Crippen molar-refractivity contribution in [2.75, 3.05) is 6.61 Å². The van der Waals surface area contributed by atoms with Gasteiger partial charge in [-0.2, -0.15) is 0 Å². The molecule has 0 aromatic rings. The van der Waals surface area contributed by atoms with E-state index in [0.717, 1.165) is 19.4 Å². The average molecular weight is 481 g/mol. The Morgan fingerprint density at radius 1 is 1.28 bits per heavy atom. The lowest BCUT2D eigenvalue weighted by molar-refractivity contribution is -0.105. The molecular weight excluding hydrogens is 439 g/mol. The lowest BCUT2D eigenvalue weighted by atomic mass is 9.70. The van der Waals surface area contributed by atoms with Crippen LogP contribution in [0.2, 0.25) is 18.1 Å². The monoisotopic (exact) mass is 480 g/mol. The number of ether oxygens (including phenoxy) is 1. The molecule has 4 heteroatoms. The van der Waals surface area contributed by atoms with Crippen LogP contribution in [0.5, 0.6) is 0 Å². The Balaban J connectivity index is 2.97. The minimum absolute atomic E-state index is 0.0686. The van der Waals surface area contributed by atoms with Crippen molar-refractivity contribution in [3.8, 4) is 0 Å². The third-order valence-electron chi connectivity index (χ3n) is 6.63. The molecule has 1 fully saturated rings. The number of rotatable bonds is 7. The van der Waals surface area contributed by atoms with Gasteiger partial charge in [-0.3, -0.25) is 0 Å². The van der Waals surface area contributed by atoms with Crippen molar-refractivity contribution < 1.29 is 9.16 Å². The summed E-state index contributed by atoms with van der Waals surface area (Å²) in [5.41, 5.74) is 1.49. The fraction of sp³-hybridized carbons (Fsp3) is 0.905. The summed E-state index contributed by atoms with van der Waals surface area (Å²) in [5, 5.41) is 0.209. The molecule has 4 unspecified atom stereocenters. The predicted octanol–water partition coefficient (Wildman–Crippen LogP) is 7.34. The van der Waals surface area contributed by atoms with E-state index >= 15 is 0 Å². The molecule has 0 amide bonds. The predicted molar refractivity (Wildman–Crippen MR) is 121 cm³/mol. The highest BCUT2D eigenvalue weighted by molar-refractivity contribution is 14.1. The zero-order valence-electron chi connectivity index (χ0n) is 18.3. The molecule has 0 aromatic heterocycles. The molecule has 0 radical (unpaired) electrons. The van der Waals surface area contributed by atoms with E-state index < -0.39 is 8.32 Å². The van der Waals surface area contributed by atoms with Crippen molar-refractivity contribution in [2.45, 2.75) is 102 Å². The molecule has 2 nitrogen and oxygen atoms in total. The second kappa shape index (κ2) is 8.32. The molecule has 4 atom stereocenters. The van der Waals surface area contributed by atoms with E-state index in [0.29, 0.717) is 5.92 Å². The van der Waals surface area contributed by atoms with Crippen LogP contribution in [-0.4, -0.2) is 24.6 Å². The van der Waals surface area contributed by atoms with E-state index in [1.165, 1.54) is 12.0 Å². The molecule has 0 saturated carbocycles. The topological polar surface area (TPSA) is 18.5 Å². The van der Waals surface area contributed by atoms with Crippen LogP contribution >= 0.6 is 22.6 Å². The minimum Gasteiger partial charge on any atom is -0.392 e. The molecule has 1 aliphatic rings. The summed E-state index contributed by atoms with van der Waals surface area (Å²) >= 11 is 2.68. The zero-order valence-corrected chi connectivity index (χ0v) is 21.4. The van der Waals surface area contributed by atoms with Gasteiger partial charge < -0.3 is 9.16 Å². The van der Waals surface area contributed by atoms with Crippen LogP contribution in [-0.2, 0) is 9.16 Å². The summed E-state index contributed by atoms with van der Waals surface area (Å²) in [6, 6.07) is 0. The highest BCUT2D eigenvalue weighted by Crippen LogP contribution is 2.54. The van der Waals surface area contributed by atoms with E-state index in [-0.39, 0.29) is 20.2 Å². The summed E-state index contributed by atoms with van der Waals surface area (Å²) in [5.74, 6) is 0.519. The van der Waals surface area contributed by atoms with Gasteiger partial charge in [0.1, 0.15) is 0 Å². The van der Waals surface area contributed by atoms with E-state index in [4.69, 9.17) is 9.16 Å². The fourth-order valence-corrected chi connectivity index (χ4v) is 5.86. The Morgan fingerprint density at radius 3 is 2.28 bits per heavy atom. The first kappa shape index (κ1) is 23.6. The molecule has 1 heterocycles. The second-order valence-corrected chi connectivity index (χ2v) is 17.3. The minimum atomic E-state index is -1.84. The third-order valence-corrected chi connectivity index (χ3v) is 12.3. The Kier molecular flexibility index (Phi) is 7.87. The molecule has 148 valence electrons. The van der Waals surface area contributed by atoms with Crippen LogP contribution in [0.15, 0.2) is 11.6 Å². The van der Waals surface area contributed by atoms with Crippen LogP contribution in [0.4, 0.5) is 0 Å². The van der Waals surface area contributed by atoms with Crippen molar-refractivity contribution in [1.29, 1.82) is 0 Å². The van der Waals surface area contributed by atoms with Gasteiger partial charge in [0.2, 0.25) is 0 Å². The summed E-state index contributed by atoms with van der Waals surface area (Å²) in [4.78, 5) is 0. The summed E-state index contributed by atoms with van der Waals surface area (Å²) < 4.78 is 13.3. The van der Waals surface area contributed by atoms with E-state index in [1.54, 1.807) is 0 Å². The van der Waals surface area contributed by atoms with Crippen LogP contribution in [0.3, 0.4) is 0 Å². The van der Waals surface area contributed by atoms with Crippen LogP contribution in [0, 0.1) is 11.3 Å². The van der Waals surface area contributed by atoms with Crippen LogP contribution < -0.4 is 0 Å². The summed E-state index contributed by atoms with van der Waals surface area (Å²) in [7, 11) is -1.84. The molecule has 0 spiro atoms. The van der Waals surface area contributed by atoms with Crippen molar-refractivity contribution >= 4 is 30.9 Å². The van der Waals surface area contributed by atoms with Crippen LogP contribution in [0.1, 0.15) is 74.7 Å². The first-order valence-corrected chi connectivity index (χ1v) is 13.8. The largest absolute Gasteiger partial charge is 0.392 e. The van der Waals surface area contributed by atoms with Crippen molar-refractivity contribution in [3.05, 3.63) is 11.6 Å². The van der Waals surface area contributed by atoms with Gasteiger partial charge in [0.15, 0.2) is 14.6 Å². The van der Waals surface area contributed by atoms with Gasteiger partial charge in [-0.15, -0.1) is 0 Å². The Morgan fingerprint density at radius 2 is 1.84 bits per heavy atom. The van der Waals surface area contributed by atoms with Gasteiger partial charge in [0.25, 0.3) is 0 Å². The number of alkyl halides is 1. The Labute approximate surface area is 171 Å². The molecular formula is C21H41IO2Si. The second-order valence-electron chi connectivity index (χ2n) is 10.1. The maximum atomic E-state index is 6.74. The normalized spacial score (nSPS) is 30.2. The van der Waals surface area contributed by atoms with Gasteiger partial charge in [0.05, 0.1) is 6.61 Å². The number of hydrogen-bond donors (Lipinski definition) is 0. The molecule has 1 rings (SSSR count). The van der Waals surface area contributed by atoms with E-state index in [1.807, 2.05) is 0 Å². The average Bonchev–Trinajstić information content (AvgIpc) is 2.75. The first-order valence-electron chi connectivity index (χ1n) is 9.79. The van der Waals surface area contributed by atoms with Gasteiger partial charge >= 0.3 is 0 Å². The molecule has 0 aliphatic carbocycles. The number of hydrogen-bond acceptors (Lipinski definition) is 2. The Bertz CT molecular complexity index is 475. The van der Waals surface area contributed by atoms with E-state index in [2.05, 4.69) is 97.2 Å². The van der Waals surface area contributed by atoms with Crippen molar-refractivity contribution in [3.63, 3.8) is 0 Å². The zero-order chi connectivity index (χ0) is 19.7. The molecule has 0 aromatic carbocycles. The molecule has 0 N–H and O–H groups in total. The number of halogens is 1. The lowest BCUT2D eigenvalue weighted by Gasteiger charge is -2.45. The molecule has 0 bridgehead atoms. The maximum Gasteiger partial charge on any atom is 0.195 e. The van der Waals surface area contributed by atoms with Gasteiger partial charge in [-0.1, -0.05) is 75.8 Å². The smallest absolute Gasteiger partial charge is 0.195 e. The summed E-state index contributed by atoms with van der Waals surface area (Å²) in [6.45, 7) is 23.8. The van der Waals surface area contributed by atoms with Crippen molar-refractivity contribution in [1.82, 2.24) is 0 Å². The maximum absolute atomic E-state index is 6.74. The highest BCUT2D eigenvalue weighted by Gasteiger charge is 2.55. The fourth-order valence-electron chi connectivity index (χ4n) is 3.43. The number of allylic oxidation sites excluding steroid dienone is 2. The quantitative estimate of drug-likeness (QED) is 0.164. The molecule has 1 aliphatic heterocycles. The van der Waals surface area contributed by atoms with Crippen molar-refractivity contribution in [2.24, 2.45) is 11.3 Å². The van der Waals surface area contributed by atoms with Gasteiger partial charge in [-0.05, 0) is 51.2 Å². The van der Waals surface area contributed by atoms with Gasteiger partial charge in [-0.25, -0.2) is 0 Å². The molecule has 1 saturated heterocycles. The van der Waals surface area contributed by atoms with Crippen LogP contribution in [0.25, 0.3) is 0 Å². The van der Waals surface area contributed by atoms with E-state index in [9.17, 15) is 0 Å². The SMILES string of the molecule is CCC1(C)C(O[Si](C)(C)C(C)(C)C)OCC1C(C)(I)CCC=C(C)C. The lowest BCUT2D eigenvalue weighted by Crippen LogP contribution is -2.50. The standard InChI is InChI=1S/C21H41IO2Si/c1-11-20(7)17(21(8,22)14-12-13-16(2)3)15-23-18(20)24-25(9,10)19(4,5)6/h13,17-18H,11-12,14-15H2,1-10H3. The highest BCUT2D eigenvalue weighted by atomic mass is 127. The molecule has 25 heavy (non-hydrogen) atoms. The van der Waals surface area contributed by atoms with Gasteiger partial charge in [0, 0.05) is 14.8 Å². The third kappa shape index (κ3) is 5.55. The first-order chi connectivity index (χ1) is 11.2.